The number of carbonyl (C=O) groups is 1. The summed E-state index contributed by atoms with van der Waals surface area (Å²) >= 11 is 5.89. The van der Waals surface area contributed by atoms with Crippen molar-refractivity contribution < 1.29 is 9.53 Å². The number of hydrogen-bond acceptors (Lipinski definition) is 5. The van der Waals surface area contributed by atoms with Crippen molar-refractivity contribution in [2.75, 3.05) is 23.9 Å². The number of benzene rings is 1. The number of anilines is 2. The van der Waals surface area contributed by atoms with E-state index in [2.05, 4.69) is 63.0 Å². The van der Waals surface area contributed by atoms with E-state index in [0.29, 0.717) is 10.8 Å². The number of methoxy groups -OCH3 is 1. The van der Waals surface area contributed by atoms with Crippen LogP contribution in [0.4, 0.5) is 11.4 Å². The minimum absolute atomic E-state index is 0.00107. The molecule has 1 saturated heterocycles. The highest BCUT2D eigenvalue weighted by Crippen LogP contribution is 2.44. The van der Waals surface area contributed by atoms with E-state index in [1.807, 2.05) is 54.7 Å². The molecule has 2 N–H and O–H groups in total. The standard InChI is InChI=1S/C29H30N6O2S/c1-18-8-7-15-31-28(18)34-19(2)16-23(20(34)3)27-26(24-9-5-6-14-30-24)33-29(38)35(27)22-12-10-21(11-13-22)32-25(36)17-37-4/h5-16,26-27H,17H2,1-4H3,(H,32,36)(H,33,38)/t26-,27+/m1/s1. The van der Waals surface area contributed by atoms with Gasteiger partial charge in [-0.2, -0.15) is 0 Å². The molecule has 8 nitrogen and oxygen atoms in total. The van der Waals surface area contributed by atoms with Crippen molar-refractivity contribution in [1.29, 1.82) is 0 Å². The Kier molecular flexibility index (Phi) is 7.22. The maximum absolute atomic E-state index is 12.0. The number of thiocarbonyl (C=S) groups is 1. The van der Waals surface area contributed by atoms with E-state index >= 15 is 0 Å². The van der Waals surface area contributed by atoms with Crippen molar-refractivity contribution in [1.82, 2.24) is 19.9 Å². The molecule has 9 heteroatoms. The second-order valence-corrected chi connectivity index (χ2v) is 9.72. The Morgan fingerprint density at radius 1 is 1.05 bits per heavy atom. The van der Waals surface area contributed by atoms with E-state index in [9.17, 15) is 4.79 Å². The Hall–Kier alpha value is -4.08. The van der Waals surface area contributed by atoms with Gasteiger partial charge in [0.05, 0.1) is 17.8 Å². The van der Waals surface area contributed by atoms with Gasteiger partial charge in [0.15, 0.2) is 5.11 Å². The van der Waals surface area contributed by atoms with Crippen molar-refractivity contribution >= 4 is 34.6 Å². The largest absolute Gasteiger partial charge is 0.375 e. The van der Waals surface area contributed by atoms with Crippen molar-refractivity contribution in [2.45, 2.75) is 32.9 Å². The summed E-state index contributed by atoms with van der Waals surface area (Å²) in [5, 5.41) is 6.97. The van der Waals surface area contributed by atoms with Gasteiger partial charge in [0.2, 0.25) is 5.91 Å². The van der Waals surface area contributed by atoms with Crippen LogP contribution in [0.3, 0.4) is 0 Å². The highest BCUT2D eigenvalue weighted by atomic mass is 32.1. The molecule has 194 valence electrons. The number of ether oxygens (including phenoxy) is 1. The predicted octanol–water partition coefficient (Wildman–Crippen LogP) is 4.95. The molecule has 1 aromatic carbocycles. The smallest absolute Gasteiger partial charge is 0.250 e. The number of carbonyl (C=O) groups excluding carboxylic acids is 1. The zero-order valence-corrected chi connectivity index (χ0v) is 22.6. The zero-order valence-electron chi connectivity index (χ0n) is 21.8. The van der Waals surface area contributed by atoms with Crippen LogP contribution in [0.5, 0.6) is 0 Å². The molecule has 2 atom stereocenters. The maximum atomic E-state index is 12.0. The van der Waals surface area contributed by atoms with Crippen molar-refractivity contribution in [3.8, 4) is 5.82 Å². The molecular weight excluding hydrogens is 496 g/mol. The number of nitrogens with zero attached hydrogens (tertiary/aromatic N) is 4. The van der Waals surface area contributed by atoms with Gasteiger partial charge < -0.3 is 24.8 Å². The monoisotopic (exact) mass is 526 g/mol. The summed E-state index contributed by atoms with van der Waals surface area (Å²) in [4.78, 5) is 23.4. The maximum Gasteiger partial charge on any atom is 0.250 e. The lowest BCUT2D eigenvalue weighted by molar-refractivity contribution is -0.119. The third-order valence-electron chi connectivity index (χ3n) is 6.79. The fourth-order valence-corrected chi connectivity index (χ4v) is 5.45. The number of aromatic nitrogens is 3. The summed E-state index contributed by atoms with van der Waals surface area (Å²) in [6.07, 6.45) is 3.63. The van der Waals surface area contributed by atoms with Crippen LogP contribution in [0.15, 0.2) is 73.1 Å². The third-order valence-corrected chi connectivity index (χ3v) is 7.10. The van der Waals surface area contributed by atoms with Gasteiger partial charge in [-0.1, -0.05) is 12.1 Å². The predicted molar refractivity (Wildman–Crippen MR) is 153 cm³/mol. The highest BCUT2D eigenvalue weighted by molar-refractivity contribution is 7.80. The highest BCUT2D eigenvalue weighted by Gasteiger charge is 2.42. The second kappa shape index (κ2) is 10.7. The van der Waals surface area contributed by atoms with E-state index in [4.69, 9.17) is 17.0 Å². The van der Waals surface area contributed by atoms with Crippen LogP contribution in [-0.4, -0.2) is 39.3 Å². The molecule has 0 saturated carbocycles. The molecule has 0 spiro atoms. The van der Waals surface area contributed by atoms with Crippen LogP contribution in [0, 0.1) is 20.8 Å². The first-order valence-corrected chi connectivity index (χ1v) is 12.8. The Morgan fingerprint density at radius 3 is 2.50 bits per heavy atom. The first kappa shape index (κ1) is 25.6. The molecule has 1 fully saturated rings. The Labute approximate surface area is 227 Å². The molecule has 3 aromatic heterocycles. The van der Waals surface area contributed by atoms with Gasteiger partial charge >= 0.3 is 0 Å². The van der Waals surface area contributed by atoms with Crippen LogP contribution < -0.4 is 15.5 Å². The van der Waals surface area contributed by atoms with Crippen LogP contribution in [0.25, 0.3) is 5.82 Å². The lowest BCUT2D eigenvalue weighted by Gasteiger charge is -2.28. The summed E-state index contributed by atoms with van der Waals surface area (Å²) in [6, 6.07) is 19.5. The summed E-state index contributed by atoms with van der Waals surface area (Å²) < 4.78 is 7.12. The summed E-state index contributed by atoms with van der Waals surface area (Å²) in [7, 11) is 1.49. The van der Waals surface area contributed by atoms with Crippen LogP contribution in [-0.2, 0) is 9.53 Å². The molecule has 38 heavy (non-hydrogen) atoms. The van der Waals surface area contributed by atoms with Crippen molar-refractivity contribution in [3.05, 3.63) is 101 Å². The molecule has 0 radical (unpaired) electrons. The average molecular weight is 527 g/mol. The lowest BCUT2D eigenvalue weighted by atomic mass is 9.96. The second-order valence-electron chi connectivity index (χ2n) is 9.33. The van der Waals surface area contributed by atoms with E-state index in [1.165, 1.54) is 7.11 Å². The molecule has 1 amide bonds. The number of rotatable bonds is 7. The zero-order chi connectivity index (χ0) is 26.8. The SMILES string of the molecule is COCC(=O)Nc1ccc(N2C(=S)N[C@H](c3ccccn3)[C@@H]2c2cc(C)n(-c3ncccc3C)c2C)cc1. The fraction of sp³-hybridized carbons (Fsp3) is 0.241. The molecule has 0 unspecified atom stereocenters. The molecule has 1 aliphatic rings. The van der Waals surface area contributed by atoms with Crippen LogP contribution in [0.2, 0.25) is 0 Å². The van der Waals surface area contributed by atoms with E-state index in [0.717, 1.165) is 39.7 Å². The van der Waals surface area contributed by atoms with E-state index in [-0.39, 0.29) is 24.6 Å². The van der Waals surface area contributed by atoms with Gasteiger partial charge in [0.1, 0.15) is 12.4 Å². The minimum atomic E-state index is -0.205. The number of hydrogen-bond donors (Lipinski definition) is 2. The normalized spacial score (nSPS) is 16.9. The molecule has 0 bridgehead atoms. The molecule has 5 rings (SSSR count). The Morgan fingerprint density at radius 2 is 1.82 bits per heavy atom. The number of amides is 1. The fourth-order valence-electron chi connectivity index (χ4n) is 5.11. The van der Waals surface area contributed by atoms with Gasteiger partial charge in [0.25, 0.3) is 0 Å². The number of pyridine rings is 2. The topological polar surface area (TPSA) is 84.3 Å². The molecule has 1 aliphatic heterocycles. The first-order valence-electron chi connectivity index (χ1n) is 12.4. The van der Waals surface area contributed by atoms with Crippen LogP contribution in [0.1, 0.15) is 40.3 Å². The van der Waals surface area contributed by atoms with Gasteiger partial charge in [0, 0.05) is 42.3 Å². The third kappa shape index (κ3) is 4.78. The number of aryl methyl sites for hydroxylation is 2. The first-order chi connectivity index (χ1) is 18.4. The van der Waals surface area contributed by atoms with Gasteiger partial charge in [-0.25, -0.2) is 4.98 Å². The van der Waals surface area contributed by atoms with E-state index in [1.54, 1.807) is 6.20 Å². The van der Waals surface area contributed by atoms with Crippen molar-refractivity contribution in [3.63, 3.8) is 0 Å². The summed E-state index contributed by atoms with van der Waals surface area (Å²) in [5.41, 5.74) is 6.93. The summed E-state index contributed by atoms with van der Waals surface area (Å²) in [5.74, 6) is 0.711. The molecule has 0 aliphatic carbocycles. The van der Waals surface area contributed by atoms with Gasteiger partial charge in [-0.15, -0.1) is 0 Å². The summed E-state index contributed by atoms with van der Waals surface area (Å²) in [6.45, 7) is 6.30. The number of nitrogens with one attached hydrogen (secondary N) is 2. The van der Waals surface area contributed by atoms with Gasteiger partial charge in [-0.05, 0) is 92.6 Å². The van der Waals surface area contributed by atoms with Crippen molar-refractivity contribution in [2.24, 2.45) is 0 Å². The average Bonchev–Trinajstić information content (AvgIpc) is 3.40. The molecule has 4 aromatic rings. The quantitative estimate of drug-likeness (QED) is 0.330. The molecule has 4 heterocycles. The van der Waals surface area contributed by atoms with E-state index < -0.39 is 0 Å². The van der Waals surface area contributed by atoms with Crippen LogP contribution >= 0.6 is 12.2 Å². The minimum Gasteiger partial charge on any atom is -0.375 e. The lowest BCUT2D eigenvalue weighted by Crippen LogP contribution is -2.29. The Bertz CT molecular complexity index is 1470. The Balaban J connectivity index is 1.59. The molecular formula is C29H30N6O2S. The van der Waals surface area contributed by atoms with Gasteiger partial charge in [-0.3, -0.25) is 9.78 Å².